The molecule has 1 fully saturated rings. The van der Waals surface area contributed by atoms with E-state index in [1.165, 1.54) is 0 Å². The Morgan fingerprint density at radius 1 is 1.31 bits per heavy atom. The fourth-order valence-electron chi connectivity index (χ4n) is 3.19. The number of carbonyl (C=O) groups is 1. The number of benzene rings is 1. The van der Waals surface area contributed by atoms with Gasteiger partial charge in [0.05, 0.1) is 6.10 Å². The molecule has 1 saturated heterocycles. The van der Waals surface area contributed by atoms with E-state index in [9.17, 15) is 4.79 Å². The molecule has 1 aliphatic rings. The molecule has 0 radical (unpaired) electrons. The maximum atomic E-state index is 12.1. The Morgan fingerprint density at radius 3 is 2.58 bits per heavy atom. The number of halogens is 1. The van der Waals surface area contributed by atoms with Gasteiger partial charge in [0.25, 0.3) is 0 Å². The van der Waals surface area contributed by atoms with E-state index in [0.717, 1.165) is 54.6 Å². The number of carbonyl (C=O) groups excluding carboxylic acids is 1. The van der Waals surface area contributed by atoms with Crippen LogP contribution in [0.1, 0.15) is 58.9 Å². The molecule has 146 valence electrons. The highest BCUT2D eigenvalue weighted by Crippen LogP contribution is 2.28. The van der Waals surface area contributed by atoms with Crippen LogP contribution in [0.4, 0.5) is 4.79 Å². The van der Waals surface area contributed by atoms with Gasteiger partial charge >= 0.3 is 6.09 Å². The molecular weight excluding hydrogens is 394 g/mol. The molecule has 2 rings (SSSR count). The van der Waals surface area contributed by atoms with Gasteiger partial charge in [0.1, 0.15) is 11.4 Å². The van der Waals surface area contributed by atoms with Crippen molar-refractivity contribution in [2.75, 3.05) is 13.1 Å². The topological polar surface area (TPSA) is 38.8 Å². The zero-order chi connectivity index (χ0) is 19.3. The monoisotopic (exact) mass is 425 g/mol. The third-order valence-electron chi connectivity index (χ3n) is 4.79. The number of ether oxygens (including phenoxy) is 2. The Kier molecular flexibility index (Phi) is 7.39. The van der Waals surface area contributed by atoms with Crippen LogP contribution in [0.15, 0.2) is 22.7 Å². The van der Waals surface area contributed by atoms with E-state index < -0.39 is 5.60 Å². The van der Waals surface area contributed by atoms with Crippen LogP contribution in [0.3, 0.4) is 0 Å². The fourth-order valence-corrected chi connectivity index (χ4v) is 3.54. The molecule has 1 atom stereocenters. The number of hydrogen-bond acceptors (Lipinski definition) is 3. The second-order valence-corrected chi connectivity index (χ2v) is 9.13. The number of piperidine rings is 1. The number of rotatable bonds is 5. The smallest absolute Gasteiger partial charge is 0.410 e. The molecular formula is C21H32BrNO3. The maximum Gasteiger partial charge on any atom is 0.410 e. The van der Waals surface area contributed by atoms with Gasteiger partial charge in [-0.25, -0.2) is 4.79 Å². The van der Waals surface area contributed by atoms with Crippen LogP contribution in [-0.4, -0.2) is 35.8 Å². The van der Waals surface area contributed by atoms with Gasteiger partial charge in [-0.15, -0.1) is 0 Å². The molecule has 26 heavy (non-hydrogen) atoms. The van der Waals surface area contributed by atoms with E-state index >= 15 is 0 Å². The van der Waals surface area contributed by atoms with E-state index in [1.807, 2.05) is 43.9 Å². The van der Waals surface area contributed by atoms with Crippen LogP contribution in [0.5, 0.6) is 5.75 Å². The summed E-state index contributed by atoms with van der Waals surface area (Å²) in [6, 6.07) is 6.06. The minimum Gasteiger partial charge on any atom is -0.490 e. The number of likely N-dealkylation sites (tertiary alicyclic amines) is 1. The van der Waals surface area contributed by atoms with E-state index in [4.69, 9.17) is 9.47 Å². The van der Waals surface area contributed by atoms with Crippen molar-refractivity contribution in [2.24, 2.45) is 5.92 Å². The van der Waals surface area contributed by atoms with Crippen molar-refractivity contribution in [2.45, 2.75) is 72.0 Å². The van der Waals surface area contributed by atoms with Crippen molar-refractivity contribution in [3.8, 4) is 5.75 Å². The van der Waals surface area contributed by atoms with E-state index in [-0.39, 0.29) is 12.2 Å². The predicted octanol–water partition coefficient (Wildman–Crippen LogP) is 5.95. The lowest BCUT2D eigenvalue weighted by Gasteiger charge is -2.33. The first-order valence-electron chi connectivity index (χ1n) is 9.55. The SMILES string of the molecule is Cc1c(Br)cccc1O[C@H](C)CCC1CCN(C(=O)OC(C)(C)C)CC1. The maximum absolute atomic E-state index is 12.1. The van der Waals surface area contributed by atoms with Gasteiger partial charge < -0.3 is 14.4 Å². The zero-order valence-electron chi connectivity index (χ0n) is 16.7. The average molecular weight is 426 g/mol. The largest absolute Gasteiger partial charge is 0.490 e. The van der Waals surface area contributed by atoms with E-state index in [0.29, 0.717) is 5.92 Å². The number of amides is 1. The molecule has 0 unspecified atom stereocenters. The van der Waals surface area contributed by atoms with Crippen LogP contribution in [0.25, 0.3) is 0 Å². The fraction of sp³-hybridized carbons (Fsp3) is 0.667. The third-order valence-corrected chi connectivity index (χ3v) is 5.65. The Morgan fingerprint density at radius 2 is 1.96 bits per heavy atom. The molecule has 4 nitrogen and oxygen atoms in total. The third kappa shape index (κ3) is 6.49. The minimum atomic E-state index is -0.425. The van der Waals surface area contributed by atoms with Gasteiger partial charge in [0.15, 0.2) is 0 Å². The highest BCUT2D eigenvalue weighted by Gasteiger charge is 2.27. The molecule has 1 heterocycles. The first-order valence-corrected chi connectivity index (χ1v) is 10.3. The second-order valence-electron chi connectivity index (χ2n) is 8.28. The summed E-state index contributed by atoms with van der Waals surface area (Å²) in [4.78, 5) is 14.0. The summed E-state index contributed by atoms with van der Waals surface area (Å²) < 4.78 is 12.7. The summed E-state index contributed by atoms with van der Waals surface area (Å²) in [7, 11) is 0. The minimum absolute atomic E-state index is 0.183. The summed E-state index contributed by atoms with van der Waals surface area (Å²) in [6.07, 6.45) is 4.26. The molecule has 0 saturated carbocycles. The van der Waals surface area contributed by atoms with Crippen molar-refractivity contribution >= 4 is 22.0 Å². The zero-order valence-corrected chi connectivity index (χ0v) is 18.3. The van der Waals surface area contributed by atoms with Gasteiger partial charge in [0.2, 0.25) is 0 Å². The Labute approximate surface area is 166 Å². The van der Waals surface area contributed by atoms with E-state index in [1.54, 1.807) is 0 Å². The van der Waals surface area contributed by atoms with Crippen molar-refractivity contribution in [1.29, 1.82) is 0 Å². The van der Waals surface area contributed by atoms with Crippen molar-refractivity contribution < 1.29 is 14.3 Å². The quantitative estimate of drug-likeness (QED) is 0.584. The molecule has 1 aromatic rings. The van der Waals surface area contributed by atoms with Gasteiger partial charge in [-0.1, -0.05) is 22.0 Å². The lowest BCUT2D eigenvalue weighted by Crippen LogP contribution is -2.41. The molecule has 0 spiro atoms. The Balaban J connectivity index is 1.72. The summed E-state index contributed by atoms with van der Waals surface area (Å²) in [6.45, 7) is 11.5. The Hall–Kier alpha value is -1.23. The first kappa shape index (κ1) is 21.1. The standard InChI is InChI=1S/C21H32BrNO3/c1-15(25-19-8-6-7-18(22)16(19)2)9-10-17-11-13-23(14-12-17)20(24)26-21(3,4)5/h6-8,15,17H,9-14H2,1-5H3/t15-/m1/s1. The van der Waals surface area contributed by atoms with E-state index in [2.05, 4.69) is 29.8 Å². The summed E-state index contributed by atoms with van der Waals surface area (Å²) in [5.74, 6) is 1.61. The molecule has 0 bridgehead atoms. The molecule has 1 aromatic carbocycles. The average Bonchev–Trinajstić information content (AvgIpc) is 2.56. The second kappa shape index (κ2) is 9.12. The molecule has 0 aromatic heterocycles. The van der Waals surface area contributed by atoms with Gasteiger partial charge in [-0.3, -0.25) is 0 Å². The van der Waals surface area contributed by atoms with Crippen molar-refractivity contribution in [3.05, 3.63) is 28.2 Å². The van der Waals surface area contributed by atoms with Crippen LogP contribution in [0.2, 0.25) is 0 Å². The van der Waals surface area contributed by atoms with Crippen molar-refractivity contribution in [1.82, 2.24) is 4.90 Å². The molecule has 0 N–H and O–H groups in total. The lowest BCUT2D eigenvalue weighted by molar-refractivity contribution is 0.0177. The molecule has 5 heteroatoms. The summed E-state index contributed by atoms with van der Waals surface area (Å²) >= 11 is 3.55. The van der Waals surface area contributed by atoms with Crippen LogP contribution >= 0.6 is 15.9 Å². The lowest BCUT2D eigenvalue weighted by atomic mass is 9.91. The molecule has 1 aliphatic heterocycles. The normalized spacial score (nSPS) is 17.1. The Bertz CT molecular complexity index is 604. The van der Waals surface area contributed by atoms with Gasteiger partial charge in [0, 0.05) is 23.1 Å². The molecule has 0 aliphatic carbocycles. The summed E-state index contributed by atoms with van der Waals surface area (Å²) in [5.41, 5.74) is 0.718. The number of nitrogens with zero attached hydrogens (tertiary/aromatic N) is 1. The molecule has 1 amide bonds. The van der Waals surface area contributed by atoms with Gasteiger partial charge in [-0.05, 0) is 78.4 Å². The van der Waals surface area contributed by atoms with Crippen LogP contribution in [-0.2, 0) is 4.74 Å². The summed E-state index contributed by atoms with van der Waals surface area (Å²) in [5, 5.41) is 0. The van der Waals surface area contributed by atoms with Crippen molar-refractivity contribution in [3.63, 3.8) is 0 Å². The highest BCUT2D eigenvalue weighted by atomic mass is 79.9. The first-order chi connectivity index (χ1) is 12.2. The predicted molar refractivity (Wildman–Crippen MR) is 109 cm³/mol. The van der Waals surface area contributed by atoms with Crippen LogP contribution in [0, 0.1) is 12.8 Å². The van der Waals surface area contributed by atoms with Crippen LogP contribution < -0.4 is 4.74 Å². The highest BCUT2D eigenvalue weighted by molar-refractivity contribution is 9.10. The van der Waals surface area contributed by atoms with Gasteiger partial charge in [-0.2, -0.15) is 0 Å². The number of hydrogen-bond donors (Lipinski definition) is 0.